The van der Waals surface area contributed by atoms with Crippen molar-refractivity contribution in [2.45, 2.75) is 33.4 Å². The minimum Gasteiger partial charge on any atom is -0.387 e. The van der Waals surface area contributed by atoms with E-state index in [0.717, 1.165) is 18.7 Å². The van der Waals surface area contributed by atoms with Gasteiger partial charge in [0.15, 0.2) is 0 Å². The van der Waals surface area contributed by atoms with Gasteiger partial charge in [-0.2, -0.15) is 5.10 Å². The van der Waals surface area contributed by atoms with E-state index in [-0.39, 0.29) is 0 Å². The quantitative estimate of drug-likeness (QED) is 0.743. The first kappa shape index (κ1) is 12.2. The Hall–Kier alpha value is -0.870. The highest BCUT2D eigenvalue weighted by atomic mass is 16.3. The molecule has 15 heavy (non-hydrogen) atoms. The highest BCUT2D eigenvalue weighted by Crippen LogP contribution is 2.10. The fourth-order valence-corrected chi connectivity index (χ4v) is 1.35. The molecule has 1 atom stereocenters. The Morgan fingerprint density at radius 2 is 2.20 bits per heavy atom. The Morgan fingerprint density at radius 3 is 2.73 bits per heavy atom. The van der Waals surface area contributed by atoms with Crippen molar-refractivity contribution in [2.75, 3.05) is 13.1 Å². The maximum Gasteiger partial charge on any atom is 0.0944 e. The van der Waals surface area contributed by atoms with Crippen molar-refractivity contribution < 1.29 is 5.11 Å². The van der Waals surface area contributed by atoms with E-state index < -0.39 is 6.10 Å². The first-order valence-electron chi connectivity index (χ1n) is 5.54. The lowest BCUT2D eigenvalue weighted by Crippen LogP contribution is -2.25. The fraction of sp³-hybridized carbons (Fsp3) is 0.727. The number of aryl methyl sites for hydroxylation is 1. The molecule has 0 aliphatic carbocycles. The lowest BCUT2D eigenvalue weighted by atomic mass is 10.2. The summed E-state index contributed by atoms with van der Waals surface area (Å²) < 4.78 is 1.82. The molecule has 1 rings (SSSR count). The Balaban J connectivity index is 2.36. The molecule has 0 spiro atoms. The maximum atomic E-state index is 9.83. The zero-order valence-corrected chi connectivity index (χ0v) is 9.77. The van der Waals surface area contributed by atoms with E-state index >= 15 is 0 Å². The number of nitrogens with zero attached hydrogens (tertiary/aromatic N) is 2. The van der Waals surface area contributed by atoms with Gasteiger partial charge in [-0.1, -0.05) is 13.8 Å². The Kier molecular flexibility index (Phi) is 4.78. The third-order valence-corrected chi connectivity index (χ3v) is 2.25. The molecule has 0 aliphatic rings. The molecule has 86 valence electrons. The van der Waals surface area contributed by atoms with Crippen LogP contribution >= 0.6 is 0 Å². The van der Waals surface area contributed by atoms with Crippen molar-refractivity contribution >= 4 is 0 Å². The Labute approximate surface area is 91.3 Å². The molecule has 1 heterocycles. The summed E-state index contributed by atoms with van der Waals surface area (Å²) in [6, 6.07) is 0. The topological polar surface area (TPSA) is 50.1 Å². The summed E-state index contributed by atoms with van der Waals surface area (Å²) in [6.07, 6.45) is 3.16. The number of aliphatic hydroxyl groups excluding tert-OH is 1. The summed E-state index contributed by atoms with van der Waals surface area (Å²) in [7, 11) is 0. The van der Waals surface area contributed by atoms with Crippen LogP contribution in [0, 0.1) is 5.92 Å². The molecule has 4 heteroatoms. The van der Waals surface area contributed by atoms with Gasteiger partial charge >= 0.3 is 0 Å². The largest absolute Gasteiger partial charge is 0.387 e. The van der Waals surface area contributed by atoms with E-state index in [1.165, 1.54) is 0 Å². The van der Waals surface area contributed by atoms with E-state index in [4.69, 9.17) is 0 Å². The van der Waals surface area contributed by atoms with Crippen LogP contribution in [0.4, 0.5) is 0 Å². The van der Waals surface area contributed by atoms with Gasteiger partial charge in [-0.15, -0.1) is 0 Å². The van der Waals surface area contributed by atoms with Crippen molar-refractivity contribution in [2.24, 2.45) is 5.92 Å². The highest BCUT2D eigenvalue weighted by molar-refractivity contribution is 5.08. The molecular weight excluding hydrogens is 190 g/mol. The minimum atomic E-state index is -0.455. The summed E-state index contributed by atoms with van der Waals surface area (Å²) >= 11 is 0. The minimum absolute atomic E-state index is 0.455. The van der Waals surface area contributed by atoms with E-state index in [0.29, 0.717) is 12.5 Å². The number of rotatable bonds is 6. The molecule has 0 saturated carbocycles. The van der Waals surface area contributed by atoms with E-state index in [9.17, 15) is 5.11 Å². The molecule has 0 bridgehead atoms. The van der Waals surface area contributed by atoms with Crippen LogP contribution in [0.25, 0.3) is 0 Å². The van der Waals surface area contributed by atoms with Gasteiger partial charge in [0, 0.05) is 24.8 Å². The van der Waals surface area contributed by atoms with Gasteiger partial charge in [0.1, 0.15) is 0 Å². The highest BCUT2D eigenvalue weighted by Gasteiger charge is 2.09. The van der Waals surface area contributed by atoms with E-state index in [1.807, 2.05) is 17.8 Å². The zero-order chi connectivity index (χ0) is 11.3. The maximum absolute atomic E-state index is 9.83. The number of aromatic nitrogens is 2. The van der Waals surface area contributed by atoms with E-state index in [1.54, 1.807) is 6.20 Å². The van der Waals surface area contributed by atoms with Crippen molar-refractivity contribution in [1.82, 2.24) is 15.1 Å². The van der Waals surface area contributed by atoms with Crippen LogP contribution in [-0.4, -0.2) is 28.0 Å². The standard InChI is InChI=1S/C11H21N3O/c1-4-14-8-10(6-13-14)11(15)7-12-5-9(2)3/h6,8-9,11-12,15H,4-5,7H2,1-3H3. The van der Waals surface area contributed by atoms with Gasteiger partial charge in [0.05, 0.1) is 12.3 Å². The van der Waals surface area contributed by atoms with Gasteiger partial charge in [-0.3, -0.25) is 4.68 Å². The van der Waals surface area contributed by atoms with Gasteiger partial charge < -0.3 is 10.4 Å². The van der Waals surface area contributed by atoms with Gasteiger partial charge in [-0.25, -0.2) is 0 Å². The molecule has 0 radical (unpaired) electrons. The monoisotopic (exact) mass is 211 g/mol. The van der Waals surface area contributed by atoms with Crippen LogP contribution in [0.5, 0.6) is 0 Å². The van der Waals surface area contributed by atoms with E-state index in [2.05, 4.69) is 24.3 Å². The van der Waals surface area contributed by atoms with Crippen molar-refractivity contribution in [3.63, 3.8) is 0 Å². The second kappa shape index (κ2) is 5.88. The smallest absolute Gasteiger partial charge is 0.0944 e. The fourth-order valence-electron chi connectivity index (χ4n) is 1.35. The summed E-state index contributed by atoms with van der Waals surface area (Å²) in [5.74, 6) is 0.607. The second-order valence-corrected chi connectivity index (χ2v) is 4.20. The lowest BCUT2D eigenvalue weighted by Gasteiger charge is -2.11. The predicted octanol–water partition coefficient (Wildman–Crippen LogP) is 1.18. The molecule has 0 saturated heterocycles. The lowest BCUT2D eigenvalue weighted by molar-refractivity contribution is 0.173. The molecular formula is C11H21N3O. The molecule has 1 unspecified atom stereocenters. The third-order valence-electron chi connectivity index (χ3n) is 2.25. The molecule has 0 fully saturated rings. The molecule has 0 aliphatic heterocycles. The molecule has 0 amide bonds. The van der Waals surface area contributed by atoms with Crippen LogP contribution < -0.4 is 5.32 Å². The van der Waals surface area contributed by atoms with Crippen LogP contribution in [-0.2, 0) is 6.54 Å². The second-order valence-electron chi connectivity index (χ2n) is 4.20. The van der Waals surface area contributed by atoms with Crippen molar-refractivity contribution in [3.8, 4) is 0 Å². The first-order chi connectivity index (χ1) is 7.13. The van der Waals surface area contributed by atoms with Crippen LogP contribution in [0.15, 0.2) is 12.4 Å². The summed E-state index contributed by atoms with van der Waals surface area (Å²) in [5, 5.41) is 17.2. The predicted molar refractivity (Wildman–Crippen MR) is 60.6 cm³/mol. The Morgan fingerprint density at radius 1 is 1.47 bits per heavy atom. The molecule has 1 aromatic rings. The Bertz CT molecular complexity index is 283. The van der Waals surface area contributed by atoms with Crippen LogP contribution in [0.3, 0.4) is 0 Å². The summed E-state index contributed by atoms with van der Waals surface area (Å²) in [6.45, 7) is 8.68. The normalized spacial score (nSPS) is 13.4. The first-order valence-corrected chi connectivity index (χ1v) is 5.54. The number of aliphatic hydroxyl groups is 1. The van der Waals surface area contributed by atoms with Crippen molar-refractivity contribution in [3.05, 3.63) is 18.0 Å². The number of hydrogen-bond acceptors (Lipinski definition) is 3. The molecule has 0 aromatic carbocycles. The number of hydrogen-bond donors (Lipinski definition) is 2. The summed E-state index contributed by atoms with van der Waals surface area (Å²) in [4.78, 5) is 0. The van der Waals surface area contributed by atoms with Crippen molar-refractivity contribution in [1.29, 1.82) is 0 Å². The van der Waals surface area contributed by atoms with Gasteiger partial charge in [-0.05, 0) is 19.4 Å². The van der Waals surface area contributed by atoms with Gasteiger partial charge in [0.25, 0.3) is 0 Å². The average molecular weight is 211 g/mol. The van der Waals surface area contributed by atoms with Gasteiger partial charge in [0.2, 0.25) is 0 Å². The average Bonchev–Trinajstić information content (AvgIpc) is 2.65. The van der Waals surface area contributed by atoms with Crippen LogP contribution in [0.2, 0.25) is 0 Å². The third kappa shape index (κ3) is 4.01. The molecule has 1 aromatic heterocycles. The summed E-state index contributed by atoms with van der Waals surface area (Å²) in [5.41, 5.74) is 0.883. The molecule has 4 nitrogen and oxygen atoms in total. The number of nitrogens with one attached hydrogen (secondary N) is 1. The SMILES string of the molecule is CCn1cc(C(O)CNCC(C)C)cn1. The van der Waals surface area contributed by atoms with Crippen LogP contribution in [0.1, 0.15) is 32.4 Å². The molecule has 2 N–H and O–H groups in total. The zero-order valence-electron chi connectivity index (χ0n) is 9.77.